The molecule has 0 aromatic heterocycles. The summed E-state index contributed by atoms with van der Waals surface area (Å²) < 4.78 is 11.9. The Hall–Kier alpha value is -7.98. The van der Waals surface area contributed by atoms with Crippen LogP contribution in [0, 0.1) is 0 Å². The van der Waals surface area contributed by atoms with Gasteiger partial charge in [0.2, 0.25) is 0 Å². The number of rotatable bonds is 16. The van der Waals surface area contributed by atoms with Crippen LogP contribution in [0.4, 0.5) is 0 Å². The molecule has 0 saturated carbocycles. The highest BCUT2D eigenvalue weighted by Crippen LogP contribution is 2.28. The molecule has 2 N–H and O–H groups in total. The van der Waals surface area contributed by atoms with Gasteiger partial charge in [-0.15, -0.1) is 0 Å². The predicted octanol–water partition coefficient (Wildman–Crippen LogP) is 10.4. The van der Waals surface area contributed by atoms with E-state index in [-0.39, 0.29) is 37.3 Å². The lowest BCUT2D eigenvalue weighted by Crippen LogP contribution is -2.35. The predicted molar refractivity (Wildman–Crippen MR) is 226 cm³/mol. The van der Waals surface area contributed by atoms with E-state index < -0.39 is 34.9 Å². The molecule has 7 aromatic carbocycles. The van der Waals surface area contributed by atoms with Crippen molar-refractivity contribution in [1.82, 2.24) is 9.80 Å². The molecule has 0 bridgehead atoms. The zero-order valence-corrected chi connectivity index (χ0v) is 32.4. The highest BCUT2D eigenvalue weighted by Gasteiger charge is 2.31. The molecule has 0 spiro atoms. The van der Waals surface area contributed by atoms with Gasteiger partial charge in [-0.2, -0.15) is 0 Å². The van der Waals surface area contributed by atoms with Crippen LogP contribution in [0.15, 0.2) is 182 Å². The van der Waals surface area contributed by atoms with Crippen molar-refractivity contribution < 1.29 is 38.9 Å². The molecule has 0 unspecified atom stereocenters. The van der Waals surface area contributed by atoms with Gasteiger partial charge in [-0.1, -0.05) is 121 Å². The fourth-order valence-corrected chi connectivity index (χ4v) is 6.67. The van der Waals surface area contributed by atoms with E-state index in [1.54, 1.807) is 24.3 Å². The van der Waals surface area contributed by atoms with Crippen LogP contribution in [0.3, 0.4) is 0 Å². The normalized spacial score (nSPS) is 10.7. The van der Waals surface area contributed by atoms with Crippen LogP contribution in [0.2, 0.25) is 0 Å². The molecule has 298 valence electrons. The fourth-order valence-electron chi connectivity index (χ4n) is 6.67. The second kappa shape index (κ2) is 19.0. The van der Waals surface area contributed by atoms with Crippen LogP contribution >= 0.6 is 0 Å². The van der Waals surface area contributed by atoms with Gasteiger partial charge in [0.1, 0.15) is 23.0 Å². The van der Waals surface area contributed by atoms with E-state index in [9.17, 15) is 29.4 Å². The van der Waals surface area contributed by atoms with Crippen molar-refractivity contribution in [3.8, 4) is 23.0 Å². The summed E-state index contributed by atoms with van der Waals surface area (Å²) in [4.78, 5) is 58.0. The summed E-state index contributed by atoms with van der Waals surface area (Å²) in [6, 6.07) is 53.6. The first-order valence-electron chi connectivity index (χ1n) is 19.1. The largest absolute Gasteiger partial charge is 0.478 e. The van der Waals surface area contributed by atoms with Crippen molar-refractivity contribution in [2.45, 2.75) is 26.2 Å². The maximum absolute atomic E-state index is 14.9. The lowest BCUT2D eigenvalue weighted by Gasteiger charge is -2.27. The zero-order valence-electron chi connectivity index (χ0n) is 32.4. The monoisotopic (exact) mass is 796 g/mol. The summed E-state index contributed by atoms with van der Waals surface area (Å²) in [7, 11) is 0. The molecule has 0 aliphatic carbocycles. The number of amides is 2. The van der Waals surface area contributed by atoms with Gasteiger partial charge in [0.15, 0.2) is 0 Å². The Bertz CT molecular complexity index is 2390. The molecule has 0 atom stereocenters. The number of aromatic carboxylic acids is 2. The molecule has 0 radical (unpaired) electrons. The van der Waals surface area contributed by atoms with Crippen LogP contribution < -0.4 is 9.47 Å². The van der Waals surface area contributed by atoms with E-state index >= 15 is 0 Å². The first kappa shape index (κ1) is 40.2. The van der Waals surface area contributed by atoms with Gasteiger partial charge in [0, 0.05) is 26.2 Å². The Labute approximate surface area is 347 Å². The van der Waals surface area contributed by atoms with Crippen LogP contribution in [-0.2, 0) is 26.2 Å². The van der Waals surface area contributed by atoms with Gasteiger partial charge in [-0.25, -0.2) is 9.59 Å². The summed E-state index contributed by atoms with van der Waals surface area (Å²) in [6.07, 6.45) is 0. The number of para-hydroxylation sites is 2. The number of ether oxygens (including phenoxy) is 2. The summed E-state index contributed by atoms with van der Waals surface area (Å²) in [5.74, 6) is -1.92. The molecule has 0 aliphatic heterocycles. The zero-order chi connectivity index (χ0) is 41.8. The molecule has 60 heavy (non-hydrogen) atoms. The van der Waals surface area contributed by atoms with E-state index in [4.69, 9.17) is 9.47 Å². The average Bonchev–Trinajstić information content (AvgIpc) is 3.27. The Morgan fingerprint density at radius 3 is 0.917 bits per heavy atom. The number of benzene rings is 7. The molecule has 7 aromatic rings. The maximum Gasteiger partial charge on any atom is 0.336 e. The molecule has 10 heteroatoms. The van der Waals surface area contributed by atoms with E-state index in [1.165, 1.54) is 9.80 Å². The minimum absolute atomic E-state index is 0.0706. The smallest absolute Gasteiger partial charge is 0.336 e. The van der Waals surface area contributed by atoms with Crippen molar-refractivity contribution in [2.24, 2.45) is 0 Å². The van der Waals surface area contributed by atoms with Gasteiger partial charge >= 0.3 is 11.9 Å². The van der Waals surface area contributed by atoms with Crippen molar-refractivity contribution >= 4 is 23.8 Å². The summed E-state index contributed by atoms with van der Waals surface area (Å²) in [6.45, 7) is 0.343. The highest BCUT2D eigenvalue weighted by molar-refractivity contribution is 6.12. The molecular formula is C50H40N2O8. The molecular weight excluding hydrogens is 757 g/mol. The fraction of sp³-hybridized carbons (Fsp3) is 0.0800. The van der Waals surface area contributed by atoms with Crippen molar-refractivity contribution in [2.75, 3.05) is 0 Å². The summed E-state index contributed by atoms with van der Waals surface area (Å²) in [5.41, 5.74) is 1.32. The molecule has 2 amide bonds. The first-order chi connectivity index (χ1) is 29.2. The highest BCUT2D eigenvalue weighted by atomic mass is 16.5. The number of carbonyl (C=O) groups is 4. The molecule has 7 rings (SSSR count). The van der Waals surface area contributed by atoms with Gasteiger partial charge in [0.25, 0.3) is 11.8 Å². The first-order valence-corrected chi connectivity index (χ1v) is 19.1. The second-order valence-electron chi connectivity index (χ2n) is 14.0. The molecule has 10 nitrogen and oxygen atoms in total. The molecule has 0 aliphatic rings. The molecule has 0 saturated heterocycles. The van der Waals surface area contributed by atoms with Crippen molar-refractivity contribution in [1.29, 1.82) is 0 Å². The number of carboxylic acid groups (broad SMARTS) is 2. The van der Waals surface area contributed by atoms with Gasteiger partial charge in [0.05, 0.1) is 22.3 Å². The van der Waals surface area contributed by atoms with Crippen LogP contribution in [0.5, 0.6) is 23.0 Å². The van der Waals surface area contributed by atoms with E-state index in [0.29, 0.717) is 23.0 Å². The summed E-state index contributed by atoms with van der Waals surface area (Å²) >= 11 is 0. The second-order valence-corrected chi connectivity index (χ2v) is 14.0. The SMILES string of the molecule is O=C(O)c1cc(C(=O)N(Cc2ccccc2)Cc2ccc(Oc3ccccc3)cc2)c(C(=O)N(Cc2ccccc2)Cc2ccc(Oc3ccccc3)cc2)cc1C(=O)O. The van der Waals surface area contributed by atoms with Crippen LogP contribution in [-0.4, -0.2) is 43.8 Å². The Morgan fingerprint density at radius 2 is 0.617 bits per heavy atom. The third kappa shape index (κ3) is 10.3. The van der Waals surface area contributed by atoms with Gasteiger partial charge in [-0.3, -0.25) is 9.59 Å². The minimum atomic E-state index is -1.55. The number of hydrogen-bond donors (Lipinski definition) is 2. The molecule has 0 heterocycles. The lowest BCUT2D eigenvalue weighted by atomic mass is 9.95. The van der Waals surface area contributed by atoms with Crippen molar-refractivity contribution in [3.05, 3.63) is 226 Å². The quantitative estimate of drug-likeness (QED) is 0.0987. The standard InChI is InChI=1S/C50H40N2O8/c53-47(51(31-35-13-5-1-6-14-35)33-37-21-25-41(26-22-37)59-39-17-9-3-10-18-39)43-29-45(49(55)56)46(50(57)58)30-44(43)48(54)52(32-36-15-7-2-8-16-36)34-38-23-27-42(28-24-38)60-40-19-11-4-12-20-40/h1-30H,31-34H2,(H,55,56)(H,57,58). The third-order valence-corrected chi connectivity index (χ3v) is 9.64. The summed E-state index contributed by atoms with van der Waals surface area (Å²) in [5, 5.41) is 20.4. The van der Waals surface area contributed by atoms with Crippen molar-refractivity contribution in [3.63, 3.8) is 0 Å². The van der Waals surface area contributed by atoms with Crippen LogP contribution in [0.1, 0.15) is 63.7 Å². The Balaban J connectivity index is 1.26. The topological polar surface area (TPSA) is 134 Å². The maximum atomic E-state index is 14.9. The average molecular weight is 797 g/mol. The lowest BCUT2D eigenvalue weighted by molar-refractivity contribution is 0.0647. The minimum Gasteiger partial charge on any atom is -0.478 e. The van der Waals surface area contributed by atoms with E-state index in [0.717, 1.165) is 34.4 Å². The van der Waals surface area contributed by atoms with Gasteiger partial charge in [-0.05, 0) is 82.9 Å². The van der Waals surface area contributed by atoms with E-state index in [2.05, 4.69) is 0 Å². The van der Waals surface area contributed by atoms with Crippen LogP contribution in [0.25, 0.3) is 0 Å². The van der Waals surface area contributed by atoms with Gasteiger partial charge < -0.3 is 29.5 Å². The Kier molecular flexibility index (Phi) is 12.7. The molecule has 0 fully saturated rings. The van der Waals surface area contributed by atoms with E-state index in [1.807, 2.05) is 146 Å². The number of carbonyl (C=O) groups excluding carboxylic acids is 2. The number of nitrogens with zero attached hydrogens (tertiary/aromatic N) is 2. The number of carboxylic acids is 2. The number of hydrogen-bond acceptors (Lipinski definition) is 6. The third-order valence-electron chi connectivity index (χ3n) is 9.64. The Morgan fingerprint density at radius 1 is 0.350 bits per heavy atom.